The van der Waals surface area contributed by atoms with Crippen LogP contribution in [0.4, 0.5) is 0 Å². The first-order chi connectivity index (χ1) is 5.58. The van der Waals surface area contributed by atoms with Crippen molar-refractivity contribution in [2.24, 2.45) is 5.73 Å². The Morgan fingerprint density at radius 1 is 1.58 bits per heavy atom. The van der Waals surface area contributed by atoms with E-state index in [0.29, 0.717) is 6.54 Å². The summed E-state index contributed by atoms with van der Waals surface area (Å²) in [7, 11) is 0. The van der Waals surface area contributed by atoms with Crippen LogP contribution >= 0.6 is 15.9 Å². The summed E-state index contributed by atoms with van der Waals surface area (Å²) in [5.41, 5.74) is 6.81. The number of rotatable bonds is 2. The topological polar surface area (TPSA) is 38.9 Å². The maximum atomic E-state index is 5.66. The molecule has 1 heterocycles. The van der Waals surface area contributed by atoms with Crippen molar-refractivity contribution in [3.8, 4) is 0 Å². The first-order valence-electron chi connectivity index (χ1n) is 3.89. The molecule has 66 valence electrons. The number of halogens is 1. The Balaban J connectivity index is 3.10. The second-order valence-corrected chi connectivity index (χ2v) is 4.18. The standard InChI is InChI=1S/C9H13BrN2/c1-9(2,6-11)7-4-3-5-12-8(7)10/h3-5H,6,11H2,1-2H3. The SMILES string of the molecule is CC(C)(CN)c1cccnc1Br. The zero-order chi connectivity index (χ0) is 9.19. The van der Waals surface area contributed by atoms with E-state index < -0.39 is 0 Å². The molecule has 0 unspecified atom stereocenters. The van der Waals surface area contributed by atoms with Crippen LogP contribution in [0.15, 0.2) is 22.9 Å². The lowest BCUT2D eigenvalue weighted by Gasteiger charge is -2.23. The minimum Gasteiger partial charge on any atom is -0.330 e. The van der Waals surface area contributed by atoms with Crippen molar-refractivity contribution in [2.75, 3.05) is 6.54 Å². The van der Waals surface area contributed by atoms with Crippen LogP contribution in [-0.2, 0) is 5.41 Å². The molecule has 12 heavy (non-hydrogen) atoms. The van der Waals surface area contributed by atoms with Crippen LogP contribution in [-0.4, -0.2) is 11.5 Å². The summed E-state index contributed by atoms with van der Waals surface area (Å²) in [6, 6.07) is 3.97. The van der Waals surface area contributed by atoms with Crippen molar-refractivity contribution >= 4 is 15.9 Å². The Morgan fingerprint density at radius 2 is 2.25 bits per heavy atom. The number of hydrogen-bond donors (Lipinski definition) is 1. The van der Waals surface area contributed by atoms with Gasteiger partial charge in [0.1, 0.15) is 4.60 Å². The van der Waals surface area contributed by atoms with Crippen molar-refractivity contribution in [2.45, 2.75) is 19.3 Å². The van der Waals surface area contributed by atoms with Gasteiger partial charge in [0.25, 0.3) is 0 Å². The normalized spacial score (nSPS) is 11.7. The van der Waals surface area contributed by atoms with Crippen molar-refractivity contribution in [3.63, 3.8) is 0 Å². The van der Waals surface area contributed by atoms with E-state index in [0.717, 1.165) is 10.2 Å². The highest BCUT2D eigenvalue weighted by Crippen LogP contribution is 2.26. The molecule has 0 aromatic carbocycles. The van der Waals surface area contributed by atoms with Gasteiger partial charge in [0.2, 0.25) is 0 Å². The Bertz CT molecular complexity index is 271. The average Bonchev–Trinajstić information content (AvgIpc) is 2.05. The van der Waals surface area contributed by atoms with Gasteiger partial charge in [0.05, 0.1) is 0 Å². The minimum atomic E-state index is -0.00685. The Hall–Kier alpha value is -0.410. The Labute approximate surface area is 81.3 Å². The zero-order valence-corrected chi connectivity index (χ0v) is 8.93. The predicted octanol–water partition coefficient (Wildman–Crippen LogP) is 2.08. The fourth-order valence-electron chi connectivity index (χ4n) is 1.00. The van der Waals surface area contributed by atoms with E-state index in [1.165, 1.54) is 0 Å². The second-order valence-electron chi connectivity index (χ2n) is 3.43. The molecule has 0 bridgehead atoms. The Kier molecular flexibility index (Phi) is 2.85. The predicted molar refractivity (Wildman–Crippen MR) is 54.0 cm³/mol. The van der Waals surface area contributed by atoms with E-state index in [9.17, 15) is 0 Å². The van der Waals surface area contributed by atoms with Gasteiger partial charge >= 0.3 is 0 Å². The van der Waals surface area contributed by atoms with E-state index in [-0.39, 0.29) is 5.41 Å². The van der Waals surface area contributed by atoms with E-state index >= 15 is 0 Å². The molecule has 0 amide bonds. The first kappa shape index (κ1) is 9.68. The van der Waals surface area contributed by atoms with Crippen LogP contribution in [0, 0.1) is 0 Å². The van der Waals surface area contributed by atoms with Crippen molar-refractivity contribution < 1.29 is 0 Å². The summed E-state index contributed by atoms with van der Waals surface area (Å²) >= 11 is 3.41. The largest absolute Gasteiger partial charge is 0.330 e. The van der Waals surface area contributed by atoms with Crippen LogP contribution < -0.4 is 5.73 Å². The van der Waals surface area contributed by atoms with Crippen molar-refractivity contribution in [3.05, 3.63) is 28.5 Å². The van der Waals surface area contributed by atoms with E-state index in [2.05, 4.69) is 34.8 Å². The molecule has 0 saturated carbocycles. The van der Waals surface area contributed by atoms with Crippen LogP contribution in [0.25, 0.3) is 0 Å². The molecule has 1 rings (SSSR count). The third kappa shape index (κ3) is 1.84. The van der Waals surface area contributed by atoms with Crippen LogP contribution in [0.3, 0.4) is 0 Å². The van der Waals surface area contributed by atoms with Gasteiger partial charge in [-0.05, 0) is 27.6 Å². The maximum Gasteiger partial charge on any atom is 0.109 e. The lowest BCUT2D eigenvalue weighted by atomic mass is 9.86. The number of nitrogens with zero attached hydrogens (tertiary/aromatic N) is 1. The summed E-state index contributed by atoms with van der Waals surface area (Å²) in [6.45, 7) is 4.83. The zero-order valence-electron chi connectivity index (χ0n) is 7.34. The van der Waals surface area contributed by atoms with Crippen molar-refractivity contribution in [1.29, 1.82) is 0 Å². The highest BCUT2D eigenvalue weighted by atomic mass is 79.9. The highest BCUT2D eigenvalue weighted by molar-refractivity contribution is 9.10. The minimum absolute atomic E-state index is 0.00685. The molecule has 3 heteroatoms. The summed E-state index contributed by atoms with van der Waals surface area (Å²) in [6.07, 6.45) is 1.76. The molecular weight excluding hydrogens is 216 g/mol. The fourth-order valence-corrected chi connectivity index (χ4v) is 1.79. The molecule has 0 aliphatic heterocycles. The summed E-state index contributed by atoms with van der Waals surface area (Å²) in [4.78, 5) is 4.15. The quantitative estimate of drug-likeness (QED) is 0.788. The van der Waals surface area contributed by atoms with Gasteiger partial charge in [-0.25, -0.2) is 4.98 Å². The number of aromatic nitrogens is 1. The van der Waals surface area contributed by atoms with Crippen LogP contribution in [0.2, 0.25) is 0 Å². The number of nitrogens with two attached hydrogens (primary N) is 1. The van der Waals surface area contributed by atoms with Gasteiger partial charge in [0.15, 0.2) is 0 Å². The molecule has 2 nitrogen and oxygen atoms in total. The summed E-state index contributed by atoms with van der Waals surface area (Å²) in [5.74, 6) is 0. The molecule has 0 atom stereocenters. The van der Waals surface area contributed by atoms with Crippen LogP contribution in [0.1, 0.15) is 19.4 Å². The van der Waals surface area contributed by atoms with Gasteiger partial charge < -0.3 is 5.73 Å². The summed E-state index contributed by atoms with van der Waals surface area (Å²) in [5, 5.41) is 0. The molecule has 0 saturated heterocycles. The molecule has 0 aliphatic rings. The van der Waals surface area contributed by atoms with Crippen LogP contribution in [0.5, 0.6) is 0 Å². The molecule has 0 spiro atoms. The molecule has 1 aromatic heterocycles. The molecule has 2 N–H and O–H groups in total. The maximum absolute atomic E-state index is 5.66. The van der Waals surface area contributed by atoms with Gasteiger partial charge in [-0.1, -0.05) is 19.9 Å². The average molecular weight is 229 g/mol. The molecule has 1 aromatic rings. The highest BCUT2D eigenvalue weighted by Gasteiger charge is 2.21. The lowest BCUT2D eigenvalue weighted by molar-refractivity contribution is 0.534. The van der Waals surface area contributed by atoms with E-state index in [1.807, 2.05) is 12.1 Å². The van der Waals surface area contributed by atoms with Gasteiger partial charge in [0, 0.05) is 18.2 Å². The van der Waals surface area contributed by atoms with E-state index in [1.54, 1.807) is 6.20 Å². The molecular formula is C9H13BrN2. The van der Waals surface area contributed by atoms with Gasteiger partial charge in [-0.2, -0.15) is 0 Å². The smallest absolute Gasteiger partial charge is 0.109 e. The van der Waals surface area contributed by atoms with Gasteiger partial charge in [-0.15, -0.1) is 0 Å². The first-order valence-corrected chi connectivity index (χ1v) is 4.68. The lowest BCUT2D eigenvalue weighted by Crippen LogP contribution is -2.28. The fraction of sp³-hybridized carbons (Fsp3) is 0.444. The van der Waals surface area contributed by atoms with Gasteiger partial charge in [-0.3, -0.25) is 0 Å². The summed E-state index contributed by atoms with van der Waals surface area (Å²) < 4.78 is 0.889. The van der Waals surface area contributed by atoms with E-state index in [4.69, 9.17) is 5.73 Å². The second kappa shape index (κ2) is 3.54. The number of hydrogen-bond acceptors (Lipinski definition) is 2. The monoisotopic (exact) mass is 228 g/mol. The number of pyridine rings is 1. The molecule has 0 fully saturated rings. The Morgan fingerprint density at radius 3 is 2.75 bits per heavy atom. The molecule has 0 aliphatic carbocycles. The third-order valence-corrected chi connectivity index (χ3v) is 2.63. The van der Waals surface area contributed by atoms with Crippen molar-refractivity contribution in [1.82, 2.24) is 4.98 Å². The third-order valence-electron chi connectivity index (χ3n) is 2.00. The molecule has 0 radical (unpaired) electrons.